The highest BCUT2D eigenvalue weighted by Crippen LogP contribution is 2.15. The van der Waals surface area contributed by atoms with E-state index in [0.29, 0.717) is 40.5 Å². The van der Waals surface area contributed by atoms with Crippen molar-refractivity contribution in [3.8, 4) is 0 Å². The minimum Gasteiger partial charge on any atom is -0.481 e. The molecular weight excluding hydrogens is 468 g/mol. The van der Waals surface area contributed by atoms with Crippen molar-refractivity contribution < 1.29 is 19.4 Å². The summed E-state index contributed by atoms with van der Waals surface area (Å²) in [5, 5.41) is 12.0. The van der Waals surface area contributed by atoms with Crippen LogP contribution >= 0.6 is 0 Å². The number of nitrogens with one attached hydrogen (secondary N) is 3. The number of carbonyl (C=O) groups excluding carboxylic acids is 1. The Bertz CT molecular complexity index is 1360. The van der Waals surface area contributed by atoms with Crippen LogP contribution in [0.4, 0.5) is 5.82 Å². The molecule has 0 bridgehead atoms. The third kappa shape index (κ3) is 7.72. The van der Waals surface area contributed by atoms with Crippen molar-refractivity contribution in [2.24, 2.45) is 0 Å². The predicted molar refractivity (Wildman–Crippen MR) is 132 cm³/mol. The Kier molecular flexibility index (Phi) is 8.51. The molecule has 0 atom stereocenters. The number of hydrogen-bond donors (Lipinski definition) is 4. The molecule has 3 aromatic heterocycles. The van der Waals surface area contributed by atoms with Crippen LogP contribution in [0.1, 0.15) is 57.2 Å². The lowest BCUT2D eigenvalue weighted by molar-refractivity contribution is -0.154. The summed E-state index contributed by atoms with van der Waals surface area (Å²) in [4.78, 5) is 63.3. The second-order valence-electron chi connectivity index (χ2n) is 9.24. The number of aryl methyl sites for hydroxylation is 2. The van der Waals surface area contributed by atoms with Gasteiger partial charge in [-0.05, 0) is 45.7 Å². The van der Waals surface area contributed by atoms with Gasteiger partial charge in [0.15, 0.2) is 5.65 Å². The summed E-state index contributed by atoms with van der Waals surface area (Å²) in [5.74, 6) is 0.262. The Labute approximate surface area is 206 Å². The van der Waals surface area contributed by atoms with Gasteiger partial charge in [-0.1, -0.05) is 0 Å². The van der Waals surface area contributed by atoms with Gasteiger partial charge in [0.25, 0.3) is 11.1 Å². The normalized spacial score (nSPS) is 12.6. The first-order valence-corrected chi connectivity index (χ1v) is 11.7. The van der Waals surface area contributed by atoms with Crippen molar-refractivity contribution >= 4 is 28.8 Å². The number of anilines is 1. The lowest BCUT2D eigenvalue weighted by atomic mass is 10.1. The topological polar surface area (TPSA) is 180 Å². The van der Waals surface area contributed by atoms with Gasteiger partial charge in [0.1, 0.15) is 23.1 Å². The molecule has 4 heterocycles. The van der Waals surface area contributed by atoms with Crippen LogP contribution in [-0.2, 0) is 33.6 Å². The Morgan fingerprint density at radius 2 is 1.75 bits per heavy atom. The van der Waals surface area contributed by atoms with Crippen LogP contribution in [0.2, 0.25) is 0 Å². The maximum absolute atomic E-state index is 11.8. The standard InChI is InChI=1S/C14H17N3O3.C10H13N3O3/c1-14(2,3)20-11(18)7-6-10-16-12-9(13(19)17-10)5-4-8-15-12;14-8(15)4-3-7-12-9-6(10(16)13-7)2-1-5-11-9/h4-5,8H,6-7H2,1-3H3,(H,15,16,17,19);1-5H2,(H,14,15)(H2,11,12,13,16). The number of hydrogen-bond acceptors (Lipinski definition) is 9. The number of aromatic amines is 2. The average molecular weight is 499 g/mol. The van der Waals surface area contributed by atoms with E-state index in [1.807, 2.05) is 20.8 Å². The second kappa shape index (κ2) is 11.6. The van der Waals surface area contributed by atoms with Crippen LogP contribution in [-0.4, -0.2) is 54.1 Å². The van der Waals surface area contributed by atoms with Crippen LogP contribution < -0.4 is 16.4 Å². The van der Waals surface area contributed by atoms with Gasteiger partial charge in [-0.3, -0.25) is 19.2 Å². The van der Waals surface area contributed by atoms with E-state index in [1.54, 1.807) is 18.3 Å². The molecule has 0 aromatic carbocycles. The van der Waals surface area contributed by atoms with Crippen LogP contribution in [0.3, 0.4) is 0 Å². The molecule has 192 valence electrons. The van der Waals surface area contributed by atoms with Crippen LogP contribution in [0.25, 0.3) is 11.0 Å². The van der Waals surface area contributed by atoms with E-state index in [1.165, 1.54) is 0 Å². The third-order valence-corrected chi connectivity index (χ3v) is 5.05. The number of carboxylic acids is 1. The molecule has 0 radical (unpaired) electrons. The zero-order chi connectivity index (χ0) is 26.3. The number of carboxylic acid groups (broad SMARTS) is 1. The first-order valence-electron chi connectivity index (χ1n) is 11.7. The number of ether oxygens (including phenoxy) is 1. The molecule has 36 heavy (non-hydrogen) atoms. The quantitative estimate of drug-likeness (QED) is 0.366. The Morgan fingerprint density at radius 3 is 2.47 bits per heavy atom. The van der Waals surface area contributed by atoms with Gasteiger partial charge in [0.05, 0.1) is 23.8 Å². The van der Waals surface area contributed by atoms with E-state index in [0.717, 1.165) is 19.4 Å². The molecule has 12 nitrogen and oxygen atoms in total. The summed E-state index contributed by atoms with van der Waals surface area (Å²) in [6, 6.07) is 3.34. The molecule has 0 unspecified atom stereocenters. The molecule has 1 aliphatic rings. The van der Waals surface area contributed by atoms with Crippen molar-refractivity contribution in [3.63, 3.8) is 0 Å². The van der Waals surface area contributed by atoms with Crippen molar-refractivity contribution in [2.75, 3.05) is 11.9 Å². The van der Waals surface area contributed by atoms with Gasteiger partial charge in [0, 0.05) is 25.6 Å². The Balaban J connectivity index is 0.000000205. The molecule has 0 saturated heterocycles. The maximum Gasteiger partial charge on any atom is 0.306 e. The van der Waals surface area contributed by atoms with Gasteiger partial charge in [-0.15, -0.1) is 0 Å². The van der Waals surface area contributed by atoms with E-state index in [2.05, 4.69) is 30.2 Å². The fraction of sp³-hybridized carbons (Fsp3) is 0.458. The minimum atomic E-state index is -0.895. The Hall–Kier alpha value is -4.09. The monoisotopic (exact) mass is 498 g/mol. The average Bonchev–Trinajstić information content (AvgIpc) is 2.81. The van der Waals surface area contributed by atoms with Gasteiger partial charge in [-0.25, -0.2) is 15.0 Å². The lowest BCUT2D eigenvalue weighted by Crippen LogP contribution is -2.25. The summed E-state index contributed by atoms with van der Waals surface area (Å²) in [5.41, 5.74) is 0.142. The number of aliphatic carboxylic acids is 1. The lowest BCUT2D eigenvalue weighted by Gasteiger charge is -2.19. The summed E-state index contributed by atoms with van der Waals surface area (Å²) in [6.07, 6.45) is 3.93. The van der Waals surface area contributed by atoms with Crippen LogP contribution in [0.15, 0.2) is 27.9 Å². The molecule has 1 aliphatic heterocycles. The third-order valence-electron chi connectivity index (χ3n) is 5.05. The van der Waals surface area contributed by atoms with Gasteiger partial charge < -0.3 is 25.1 Å². The first-order chi connectivity index (χ1) is 17.0. The van der Waals surface area contributed by atoms with E-state index in [9.17, 15) is 19.2 Å². The molecule has 0 aliphatic carbocycles. The summed E-state index contributed by atoms with van der Waals surface area (Å²) in [6.45, 7) is 6.24. The number of rotatable bonds is 6. The van der Waals surface area contributed by atoms with Crippen molar-refractivity contribution in [1.82, 2.24) is 24.9 Å². The van der Waals surface area contributed by atoms with E-state index >= 15 is 0 Å². The molecular formula is C24H30N6O6. The van der Waals surface area contributed by atoms with Gasteiger partial charge >= 0.3 is 11.9 Å². The fourth-order valence-corrected chi connectivity index (χ4v) is 3.49. The summed E-state index contributed by atoms with van der Waals surface area (Å²) >= 11 is 0. The van der Waals surface area contributed by atoms with E-state index in [-0.39, 0.29) is 36.4 Å². The predicted octanol–water partition coefficient (Wildman–Crippen LogP) is 1.74. The molecule has 0 amide bonds. The second-order valence-corrected chi connectivity index (χ2v) is 9.24. The highest BCUT2D eigenvalue weighted by atomic mass is 16.6. The number of H-pyrrole nitrogens is 2. The summed E-state index contributed by atoms with van der Waals surface area (Å²) < 4.78 is 5.20. The van der Waals surface area contributed by atoms with Crippen molar-refractivity contribution in [1.29, 1.82) is 0 Å². The highest BCUT2D eigenvalue weighted by molar-refractivity contribution is 5.73. The number of carbonyl (C=O) groups is 2. The Morgan fingerprint density at radius 1 is 1.06 bits per heavy atom. The van der Waals surface area contributed by atoms with Crippen LogP contribution in [0.5, 0.6) is 0 Å². The molecule has 4 rings (SSSR count). The molecule has 12 heteroatoms. The molecule has 0 spiro atoms. The van der Waals surface area contributed by atoms with E-state index < -0.39 is 11.6 Å². The number of pyridine rings is 1. The van der Waals surface area contributed by atoms with Crippen LogP contribution in [0, 0.1) is 0 Å². The number of aromatic nitrogens is 5. The zero-order valence-electron chi connectivity index (χ0n) is 20.5. The number of esters is 1. The molecule has 4 N–H and O–H groups in total. The van der Waals surface area contributed by atoms with Gasteiger partial charge in [0.2, 0.25) is 0 Å². The fourth-order valence-electron chi connectivity index (χ4n) is 3.49. The summed E-state index contributed by atoms with van der Waals surface area (Å²) in [7, 11) is 0. The van der Waals surface area contributed by atoms with Crippen molar-refractivity contribution in [2.45, 2.75) is 64.9 Å². The first kappa shape index (κ1) is 26.5. The highest BCUT2D eigenvalue weighted by Gasteiger charge is 2.17. The van der Waals surface area contributed by atoms with E-state index in [4.69, 9.17) is 9.84 Å². The number of nitrogens with zero attached hydrogens (tertiary/aromatic N) is 3. The molecule has 0 saturated carbocycles. The smallest absolute Gasteiger partial charge is 0.306 e. The zero-order valence-corrected chi connectivity index (χ0v) is 20.5. The largest absolute Gasteiger partial charge is 0.481 e. The van der Waals surface area contributed by atoms with Crippen molar-refractivity contribution in [3.05, 3.63) is 56.2 Å². The minimum absolute atomic E-state index is 0.0261. The number of fused-ring (bicyclic) bond motifs is 2. The molecule has 3 aromatic rings. The maximum atomic E-state index is 11.8. The SMILES string of the molecule is CC(C)(C)OC(=O)CCc1nc2ncccc2c(=O)[nH]1.O=C(O)CCc1nc2c(c(=O)[nH]1)CCCN2. The molecule has 0 fully saturated rings. The van der Waals surface area contributed by atoms with Gasteiger partial charge in [-0.2, -0.15) is 0 Å².